The number of ether oxygens (including phenoxy) is 3. The molecule has 29 heavy (non-hydrogen) atoms. The van der Waals surface area contributed by atoms with Gasteiger partial charge in [0.1, 0.15) is 5.38 Å². The summed E-state index contributed by atoms with van der Waals surface area (Å²) in [6.07, 6.45) is 1.38. The predicted octanol–water partition coefficient (Wildman–Crippen LogP) is 3.23. The van der Waals surface area contributed by atoms with Crippen LogP contribution in [0.5, 0.6) is 17.2 Å². The monoisotopic (exact) mass is 426 g/mol. The molecule has 1 aliphatic heterocycles. The first-order valence-corrected chi connectivity index (χ1v) is 10.6. The maximum absolute atomic E-state index is 12.9. The minimum Gasteiger partial charge on any atom is -0.490 e. The molecule has 0 radical (unpaired) electrons. The fraction of sp³-hybridized carbons (Fsp3) is 0.619. The highest BCUT2D eigenvalue weighted by atomic mass is 35.5. The average molecular weight is 427 g/mol. The van der Waals surface area contributed by atoms with Crippen LogP contribution in [-0.2, 0) is 4.79 Å². The van der Waals surface area contributed by atoms with Gasteiger partial charge in [-0.15, -0.1) is 11.6 Å². The van der Waals surface area contributed by atoms with Crippen molar-refractivity contribution in [2.24, 2.45) is 0 Å². The van der Waals surface area contributed by atoms with Gasteiger partial charge in [-0.05, 0) is 52.7 Å². The maximum atomic E-state index is 12.9. The van der Waals surface area contributed by atoms with E-state index in [1.54, 1.807) is 24.0 Å². The van der Waals surface area contributed by atoms with Crippen LogP contribution in [0.25, 0.3) is 0 Å². The van der Waals surface area contributed by atoms with Crippen LogP contribution in [0.15, 0.2) is 12.1 Å². The van der Waals surface area contributed by atoms with Crippen LogP contribution in [0.1, 0.15) is 50.9 Å². The van der Waals surface area contributed by atoms with E-state index in [1.165, 1.54) is 0 Å². The van der Waals surface area contributed by atoms with E-state index in [9.17, 15) is 9.59 Å². The lowest BCUT2D eigenvalue weighted by atomic mass is 10.0. The number of alkyl halides is 1. The van der Waals surface area contributed by atoms with E-state index in [1.807, 2.05) is 20.8 Å². The first-order valence-electron chi connectivity index (χ1n) is 10.2. The number of nitrogens with zero attached hydrogens (tertiary/aromatic N) is 1. The number of likely N-dealkylation sites (tertiary alicyclic amines) is 1. The number of carbonyl (C=O) groups excluding carboxylic acids is 2. The predicted molar refractivity (Wildman–Crippen MR) is 112 cm³/mol. The Labute approximate surface area is 177 Å². The van der Waals surface area contributed by atoms with Crippen molar-refractivity contribution in [3.8, 4) is 17.2 Å². The van der Waals surface area contributed by atoms with Gasteiger partial charge < -0.3 is 24.4 Å². The number of amides is 2. The Hall–Kier alpha value is -2.15. The van der Waals surface area contributed by atoms with Gasteiger partial charge in [0.05, 0.1) is 19.8 Å². The molecule has 1 fully saturated rings. The number of piperidine rings is 1. The molecular weight excluding hydrogens is 396 g/mol. The van der Waals surface area contributed by atoms with E-state index in [4.69, 9.17) is 25.8 Å². The quantitative estimate of drug-likeness (QED) is 0.613. The average Bonchev–Trinajstić information content (AvgIpc) is 2.70. The molecule has 1 aromatic carbocycles. The van der Waals surface area contributed by atoms with Gasteiger partial charge >= 0.3 is 0 Å². The smallest absolute Gasteiger partial charge is 0.251 e. The van der Waals surface area contributed by atoms with Crippen molar-refractivity contribution in [3.05, 3.63) is 17.7 Å². The summed E-state index contributed by atoms with van der Waals surface area (Å²) in [4.78, 5) is 26.6. The number of carbonyl (C=O) groups is 2. The summed E-state index contributed by atoms with van der Waals surface area (Å²) in [5.74, 6) is 1.22. The van der Waals surface area contributed by atoms with E-state index in [0.717, 1.165) is 0 Å². The van der Waals surface area contributed by atoms with Gasteiger partial charge in [-0.2, -0.15) is 0 Å². The number of nitrogens with one attached hydrogen (secondary N) is 1. The second-order valence-electron chi connectivity index (χ2n) is 6.79. The van der Waals surface area contributed by atoms with Crippen molar-refractivity contribution in [1.29, 1.82) is 0 Å². The lowest BCUT2D eigenvalue weighted by Gasteiger charge is -2.33. The molecule has 0 saturated carbocycles. The van der Waals surface area contributed by atoms with Crippen LogP contribution in [0, 0.1) is 0 Å². The molecule has 1 aliphatic rings. The second kappa shape index (κ2) is 11.1. The number of hydrogen-bond donors (Lipinski definition) is 1. The summed E-state index contributed by atoms with van der Waals surface area (Å²) in [6.45, 7) is 9.83. The van der Waals surface area contributed by atoms with Crippen molar-refractivity contribution in [2.75, 3.05) is 32.9 Å². The normalized spacial score (nSPS) is 15.6. The Bertz CT molecular complexity index is 675. The van der Waals surface area contributed by atoms with Crippen molar-refractivity contribution in [1.82, 2.24) is 10.2 Å². The van der Waals surface area contributed by atoms with E-state index < -0.39 is 5.38 Å². The van der Waals surface area contributed by atoms with Gasteiger partial charge in [0.15, 0.2) is 11.5 Å². The molecule has 0 bridgehead atoms. The van der Waals surface area contributed by atoms with Crippen LogP contribution >= 0.6 is 11.6 Å². The minimum absolute atomic E-state index is 0.00478. The summed E-state index contributed by atoms with van der Waals surface area (Å²) in [5.41, 5.74) is 0.452. The van der Waals surface area contributed by atoms with E-state index in [-0.39, 0.29) is 17.9 Å². The van der Waals surface area contributed by atoms with Crippen LogP contribution in [-0.4, -0.2) is 61.0 Å². The molecule has 1 unspecified atom stereocenters. The zero-order valence-corrected chi connectivity index (χ0v) is 18.4. The third-order valence-corrected chi connectivity index (χ3v) is 4.84. The molecule has 0 spiro atoms. The van der Waals surface area contributed by atoms with E-state index >= 15 is 0 Å². The molecule has 1 saturated heterocycles. The van der Waals surface area contributed by atoms with Crippen molar-refractivity contribution in [2.45, 2.75) is 52.0 Å². The summed E-state index contributed by atoms with van der Waals surface area (Å²) >= 11 is 5.88. The minimum atomic E-state index is -0.529. The third-order valence-electron chi connectivity index (χ3n) is 4.65. The van der Waals surface area contributed by atoms with Crippen LogP contribution in [0.3, 0.4) is 0 Å². The van der Waals surface area contributed by atoms with Crippen molar-refractivity contribution >= 4 is 23.4 Å². The molecule has 0 aliphatic carbocycles. The van der Waals surface area contributed by atoms with Crippen LogP contribution < -0.4 is 19.5 Å². The third kappa shape index (κ3) is 6.16. The van der Waals surface area contributed by atoms with Gasteiger partial charge in [0.2, 0.25) is 11.7 Å². The fourth-order valence-corrected chi connectivity index (χ4v) is 3.42. The fourth-order valence-electron chi connectivity index (χ4n) is 3.28. The second-order valence-corrected chi connectivity index (χ2v) is 7.44. The molecule has 2 rings (SSSR count). The summed E-state index contributed by atoms with van der Waals surface area (Å²) in [6, 6.07) is 3.36. The topological polar surface area (TPSA) is 77.1 Å². The molecule has 1 aromatic rings. The Morgan fingerprint density at radius 1 is 1.07 bits per heavy atom. The number of benzene rings is 1. The molecule has 1 heterocycles. The maximum Gasteiger partial charge on any atom is 0.251 e. The lowest BCUT2D eigenvalue weighted by molar-refractivity contribution is -0.131. The zero-order chi connectivity index (χ0) is 21.4. The largest absolute Gasteiger partial charge is 0.490 e. The van der Waals surface area contributed by atoms with Gasteiger partial charge in [-0.3, -0.25) is 9.59 Å². The van der Waals surface area contributed by atoms with Crippen LogP contribution in [0.2, 0.25) is 0 Å². The molecule has 1 atom stereocenters. The summed E-state index contributed by atoms with van der Waals surface area (Å²) < 4.78 is 17.0. The highest BCUT2D eigenvalue weighted by Crippen LogP contribution is 2.39. The molecule has 1 N–H and O–H groups in total. The SMILES string of the molecule is CCOc1cc(C(=O)NC2CCN(C(=O)C(C)Cl)CC2)cc(OCC)c1OCC. The standard InChI is InChI=1S/C21H31ClN2O5/c1-5-27-17-12-15(13-18(28-6-2)19(17)29-7-3)20(25)23-16-8-10-24(11-9-16)21(26)14(4)22/h12-14,16H,5-11H2,1-4H3,(H,23,25). The van der Waals surface area contributed by atoms with Gasteiger partial charge in [0.25, 0.3) is 5.91 Å². The highest BCUT2D eigenvalue weighted by molar-refractivity contribution is 6.30. The van der Waals surface area contributed by atoms with E-state index in [2.05, 4.69) is 5.32 Å². The Kier molecular flexibility index (Phi) is 8.89. The van der Waals surface area contributed by atoms with Crippen LogP contribution in [0.4, 0.5) is 0 Å². The number of halogens is 1. The zero-order valence-electron chi connectivity index (χ0n) is 17.6. The number of hydrogen-bond acceptors (Lipinski definition) is 5. The summed E-state index contributed by atoms with van der Waals surface area (Å²) in [5, 5.41) is 2.52. The first kappa shape index (κ1) is 23.1. The highest BCUT2D eigenvalue weighted by Gasteiger charge is 2.27. The molecule has 162 valence electrons. The molecule has 0 aromatic heterocycles. The van der Waals surface area contributed by atoms with E-state index in [0.29, 0.717) is 68.6 Å². The lowest BCUT2D eigenvalue weighted by Crippen LogP contribution is -2.48. The van der Waals surface area contributed by atoms with Gasteiger partial charge in [-0.1, -0.05) is 0 Å². The Morgan fingerprint density at radius 3 is 2.03 bits per heavy atom. The molecular formula is C21H31ClN2O5. The number of rotatable bonds is 9. The molecule has 2 amide bonds. The summed E-state index contributed by atoms with van der Waals surface area (Å²) in [7, 11) is 0. The first-order chi connectivity index (χ1) is 13.9. The van der Waals surface area contributed by atoms with Crippen molar-refractivity contribution < 1.29 is 23.8 Å². The Morgan fingerprint density at radius 2 is 1.59 bits per heavy atom. The van der Waals surface area contributed by atoms with Gasteiger partial charge in [0, 0.05) is 24.7 Å². The molecule has 7 nitrogen and oxygen atoms in total. The Balaban J connectivity index is 2.11. The van der Waals surface area contributed by atoms with Crippen molar-refractivity contribution in [3.63, 3.8) is 0 Å². The van der Waals surface area contributed by atoms with Gasteiger partial charge in [-0.25, -0.2) is 0 Å². The molecule has 8 heteroatoms.